The van der Waals surface area contributed by atoms with Gasteiger partial charge in [-0.25, -0.2) is 4.79 Å². The molecule has 0 saturated carbocycles. The lowest BCUT2D eigenvalue weighted by molar-refractivity contribution is -0.142. The Hall–Kier alpha value is -2.83. The van der Waals surface area contributed by atoms with Gasteiger partial charge in [0.15, 0.2) is 6.61 Å². The standard InChI is InChI=1S/C21H18Cl2N2O4/c22-17-6-2-7-18(23)16(17)9-10-21(28)29-13-19(26)24-14-4-1-5-15(12-14)25-11-3-8-20(25)27/h1-2,4-7,9-10,12H,3,8,11,13H2,(H,24,26)/b10-9+. The Kier molecular flexibility index (Phi) is 6.90. The highest BCUT2D eigenvalue weighted by atomic mass is 35.5. The predicted molar refractivity (Wildman–Crippen MR) is 113 cm³/mol. The summed E-state index contributed by atoms with van der Waals surface area (Å²) in [4.78, 5) is 37.4. The molecule has 0 atom stereocenters. The molecule has 2 aromatic rings. The van der Waals surface area contributed by atoms with Gasteiger partial charge >= 0.3 is 5.97 Å². The lowest BCUT2D eigenvalue weighted by Gasteiger charge is -2.16. The van der Waals surface area contributed by atoms with E-state index in [-0.39, 0.29) is 5.91 Å². The van der Waals surface area contributed by atoms with Crippen molar-refractivity contribution in [3.63, 3.8) is 0 Å². The second-order valence-corrected chi connectivity index (χ2v) is 7.14. The van der Waals surface area contributed by atoms with Crippen molar-refractivity contribution in [1.29, 1.82) is 0 Å². The van der Waals surface area contributed by atoms with Gasteiger partial charge in [-0.15, -0.1) is 0 Å². The first-order chi connectivity index (χ1) is 13.9. The van der Waals surface area contributed by atoms with Crippen LogP contribution >= 0.6 is 23.2 Å². The zero-order valence-electron chi connectivity index (χ0n) is 15.4. The zero-order chi connectivity index (χ0) is 20.8. The average molecular weight is 433 g/mol. The topological polar surface area (TPSA) is 75.7 Å². The molecule has 6 nitrogen and oxygen atoms in total. The van der Waals surface area contributed by atoms with Gasteiger partial charge < -0.3 is 15.0 Å². The van der Waals surface area contributed by atoms with Crippen LogP contribution in [0.2, 0.25) is 10.0 Å². The van der Waals surface area contributed by atoms with Crippen molar-refractivity contribution in [2.45, 2.75) is 12.8 Å². The molecule has 1 fully saturated rings. The SMILES string of the molecule is O=C(COC(=O)/C=C/c1c(Cl)cccc1Cl)Nc1cccc(N2CCCC2=O)c1. The van der Waals surface area contributed by atoms with Gasteiger partial charge in [-0.3, -0.25) is 9.59 Å². The van der Waals surface area contributed by atoms with Gasteiger partial charge in [-0.1, -0.05) is 35.3 Å². The number of nitrogens with one attached hydrogen (secondary N) is 1. The van der Waals surface area contributed by atoms with Crippen molar-refractivity contribution < 1.29 is 19.1 Å². The minimum absolute atomic E-state index is 0.0628. The Balaban J connectivity index is 1.53. The molecule has 0 aliphatic carbocycles. The highest BCUT2D eigenvalue weighted by molar-refractivity contribution is 6.37. The highest BCUT2D eigenvalue weighted by Gasteiger charge is 2.21. The fraction of sp³-hybridized carbons (Fsp3) is 0.190. The molecule has 2 amide bonds. The molecular weight excluding hydrogens is 415 g/mol. The number of carbonyl (C=O) groups is 3. The number of hydrogen-bond donors (Lipinski definition) is 1. The molecule has 29 heavy (non-hydrogen) atoms. The van der Waals surface area contributed by atoms with Gasteiger partial charge in [0.05, 0.1) is 0 Å². The Morgan fingerprint density at radius 2 is 1.86 bits per heavy atom. The van der Waals surface area contributed by atoms with Gasteiger partial charge in [0.2, 0.25) is 5.91 Å². The first-order valence-corrected chi connectivity index (χ1v) is 9.69. The van der Waals surface area contributed by atoms with Crippen molar-refractivity contribution in [1.82, 2.24) is 0 Å². The van der Waals surface area contributed by atoms with Gasteiger partial charge in [-0.2, -0.15) is 0 Å². The number of anilines is 2. The van der Waals surface area contributed by atoms with E-state index in [2.05, 4.69) is 5.32 Å². The minimum Gasteiger partial charge on any atom is -0.452 e. The van der Waals surface area contributed by atoms with Crippen LogP contribution in [0.5, 0.6) is 0 Å². The van der Waals surface area contributed by atoms with E-state index in [0.717, 1.165) is 18.2 Å². The largest absolute Gasteiger partial charge is 0.452 e. The summed E-state index contributed by atoms with van der Waals surface area (Å²) in [5.41, 5.74) is 1.73. The van der Waals surface area contributed by atoms with Crippen molar-refractivity contribution >= 4 is 58.4 Å². The van der Waals surface area contributed by atoms with Crippen LogP contribution in [0, 0.1) is 0 Å². The predicted octanol–water partition coefficient (Wildman–Crippen LogP) is 4.32. The summed E-state index contributed by atoms with van der Waals surface area (Å²) in [6, 6.07) is 12.0. The molecule has 0 radical (unpaired) electrons. The van der Waals surface area contributed by atoms with Crippen molar-refractivity contribution in [3.05, 3.63) is 64.1 Å². The molecule has 8 heteroatoms. The molecule has 1 heterocycles. The van der Waals surface area contributed by atoms with E-state index < -0.39 is 18.5 Å². The van der Waals surface area contributed by atoms with Crippen molar-refractivity contribution in [2.75, 3.05) is 23.4 Å². The second kappa shape index (κ2) is 9.58. The molecule has 1 N–H and O–H groups in total. The third kappa shape index (κ3) is 5.59. The maximum Gasteiger partial charge on any atom is 0.331 e. The van der Waals surface area contributed by atoms with Gasteiger partial charge in [0.25, 0.3) is 5.91 Å². The number of nitrogens with zero attached hydrogens (tertiary/aromatic N) is 1. The maximum atomic E-state index is 12.1. The van der Waals surface area contributed by atoms with Crippen LogP contribution in [0.4, 0.5) is 11.4 Å². The molecule has 3 rings (SSSR count). The lowest BCUT2D eigenvalue weighted by atomic mass is 10.2. The fourth-order valence-corrected chi connectivity index (χ4v) is 3.40. The summed E-state index contributed by atoms with van der Waals surface area (Å²) in [6.45, 7) is 0.210. The summed E-state index contributed by atoms with van der Waals surface area (Å²) in [5.74, 6) is -1.13. The molecule has 1 aliphatic heterocycles. The molecule has 150 valence electrons. The van der Waals surface area contributed by atoms with E-state index in [9.17, 15) is 14.4 Å². The first-order valence-electron chi connectivity index (χ1n) is 8.93. The molecule has 1 saturated heterocycles. The van der Waals surface area contributed by atoms with E-state index in [0.29, 0.717) is 34.3 Å². The Bertz CT molecular complexity index is 955. The van der Waals surface area contributed by atoms with E-state index in [1.165, 1.54) is 6.08 Å². The molecule has 0 bridgehead atoms. The second-order valence-electron chi connectivity index (χ2n) is 6.32. The molecule has 0 unspecified atom stereocenters. The molecule has 0 spiro atoms. The monoisotopic (exact) mass is 432 g/mol. The van der Waals surface area contributed by atoms with Gasteiger partial charge in [0.1, 0.15) is 0 Å². The van der Waals surface area contributed by atoms with Gasteiger partial charge in [0, 0.05) is 46.0 Å². The normalized spacial score (nSPS) is 13.7. The number of hydrogen-bond acceptors (Lipinski definition) is 4. The summed E-state index contributed by atoms with van der Waals surface area (Å²) in [5, 5.41) is 3.45. The highest BCUT2D eigenvalue weighted by Crippen LogP contribution is 2.26. The average Bonchev–Trinajstić information content (AvgIpc) is 3.12. The molecule has 2 aromatic carbocycles. The number of carbonyl (C=O) groups excluding carboxylic acids is 3. The van der Waals surface area contributed by atoms with E-state index in [4.69, 9.17) is 27.9 Å². The van der Waals surface area contributed by atoms with Crippen LogP contribution in [-0.2, 0) is 19.1 Å². The van der Waals surface area contributed by atoms with Crippen LogP contribution in [0.15, 0.2) is 48.5 Å². The molecule has 0 aromatic heterocycles. The molecule has 1 aliphatic rings. The smallest absolute Gasteiger partial charge is 0.331 e. The summed E-state index contributed by atoms with van der Waals surface area (Å²) in [7, 11) is 0. The third-order valence-corrected chi connectivity index (χ3v) is 4.91. The fourth-order valence-electron chi connectivity index (χ4n) is 2.88. The Labute approximate surface area is 178 Å². The number of benzene rings is 2. The van der Waals surface area contributed by atoms with Crippen LogP contribution < -0.4 is 10.2 Å². The number of amides is 2. The third-order valence-electron chi connectivity index (χ3n) is 4.25. The lowest BCUT2D eigenvalue weighted by Crippen LogP contribution is -2.24. The first kappa shape index (κ1) is 20.9. The van der Waals surface area contributed by atoms with Crippen molar-refractivity contribution in [3.8, 4) is 0 Å². The van der Waals surface area contributed by atoms with E-state index in [1.807, 2.05) is 6.07 Å². The summed E-state index contributed by atoms with van der Waals surface area (Å²) in [6.07, 6.45) is 3.93. The van der Waals surface area contributed by atoms with Crippen LogP contribution in [0.25, 0.3) is 6.08 Å². The van der Waals surface area contributed by atoms with Gasteiger partial charge in [-0.05, 0) is 42.8 Å². The number of esters is 1. The number of halogens is 2. The van der Waals surface area contributed by atoms with Crippen LogP contribution in [0.3, 0.4) is 0 Å². The van der Waals surface area contributed by atoms with Crippen LogP contribution in [0.1, 0.15) is 18.4 Å². The summed E-state index contributed by atoms with van der Waals surface area (Å²) < 4.78 is 4.94. The minimum atomic E-state index is -0.701. The molecular formula is C21H18Cl2N2O4. The van der Waals surface area contributed by atoms with Crippen molar-refractivity contribution in [2.24, 2.45) is 0 Å². The van der Waals surface area contributed by atoms with Crippen LogP contribution in [-0.4, -0.2) is 30.9 Å². The Morgan fingerprint density at radius 3 is 2.55 bits per heavy atom. The number of ether oxygens (including phenoxy) is 1. The number of rotatable bonds is 6. The maximum absolute atomic E-state index is 12.1. The quantitative estimate of drug-likeness (QED) is 0.544. The Morgan fingerprint density at radius 1 is 1.14 bits per heavy atom. The van der Waals surface area contributed by atoms with E-state index in [1.54, 1.807) is 41.3 Å². The van der Waals surface area contributed by atoms with E-state index >= 15 is 0 Å². The summed E-state index contributed by atoms with van der Waals surface area (Å²) >= 11 is 12.0. The zero-order valence-corrected chi connectivity index (χ0v) is 16.9.